The number of para-hydroxylation sites is 1. The number of hydrogen-bond acceptors (Lipinski definition) is 7. The molecule has 3 aromatic carbocycles. The van der Waals surface area contributed by atoms with E-state index >= 15 is 0 Å². The predicted molar refractivity (Wildman–Crippen MR) is 132 cm³/mol. The van der Waals surface area contributed by atoms with Crippen molar-refractivity contribution in [3.8, 4) is 5.75 Å². The molecule has 0 spiro atoms. The molecule has 174 valence electrons. The molecule has 0 saturated carbocycles. The van der Waals surface area contributed by atoms with Gasteiger partial charge >= 0.3 is 0 Å². The Morgan fingerprint density at radius 2 is 1.88 bits per heavy atom. The average Bonchev–Trinajstić information content (AvgIpc) is 3.23. The Morgan fingerprint density at radius 3 is 2.62 bits per heavy atom. The van der Waals surface area contributed by atoms with Gasteiger partial charge in [-0.1, -0.05) is 29.8 Å². The SMILES string of the molecule is COc1cc(S(=O)(=O)Nc2ccccc2C)ccc1NC=C(C=O)c1nc2cc(Cl)ccc2o1. The van der Waals surface area contributed by atoms with Crippen molar-refractivity contribution in [1.82, 2.24) is 4.98 Å². The van der Waals surface area contributed by atoms with Crippen LogP contribution in [0.4, 0.5) is 11.4 Å². The zero-order valence-electron chi connectivity index (χ0n) is 18.2. The fraction of sp³-hybridized carbons (Fsp3) is 0.0833. The summed E-state index contributed by atoms with van der Waals surface area (Å²) in [5, 5.41) is 3.45. The summed E-state index contributed by atoms with van der Waals surface area (Å²) in [6.07, 6.45) is 1.99. The van der Waals surface area contributed by atoms with E-state index in [9.17, 15) is 13.2 Å². The number of rotatable bonds is 8. The molecule has 0 unspecified atom stereocenters. The van der Waals surface area contributed by atoms with Gasteiger partial charge in [0.15, 0.2) is 11.9 Å². The van der Waals surface area contributed by atoms with E-state index in [-0.39, 0.29) is 22.1 Å². The van der Waals surface area contributed by atoms with E-state index in [2.05, 4.69) is 15.0 Å². The Bertz CT molecular complexity index is 1510. The van der Waals surface area contributed by atoms with Crippen LogP contribution < -0.4 is 14.8 Å². The van der Waals surface area contributed by atoms with E-state index in [1.165, 1.54) is 31.5 Å². The minimum absolute atomic E-state index is 0.0218. The van der Waals surface area contributed by atoms with Crippen molar-refractivity contribution in [3.05, 3.63) is 83.3 Å². The quantitative estimate of drug-likeness (QED) is 0.252. The van der Waals surface area contributed by atoms with Crippen LogP contribution >= 0.6 is 11.6 Å². The Labute approximate surface area is 201 Å². The molecule has 0 saturated heterocycles. The lowest BCUT2D eigenvalue weighted by atomic mass is 10.2. The maximum Gasteiger partial charge on any atom is 0.262 e. The first-order valence-corrected chi connectivity index (χ1v) is 11.9. The Morgan fingerprint density at radius 1 is 1.09 bits per heavy atom. The Kier molecular flexibility index (Phi) is 6.58. The summed E-state index contributed by atoms with van der Waals surface area (Å²) in [6.45, 7) is 1.81. The van der Waals surface area contributed by atoms with Crippen LogP contribution in [0.5, 0.6) is 5.75 Å². The number of oxazole rings is 1. The van der Waals surface area contributed by atoms with Gasteiger partial charge in [-0.05, 0) is 48.9 Å². The minimum atomic E-state index is -3.85. The van der Waals surface area contributed by atoms with Crippen molar-refractivity contribution in [2.24, 2.45) is 0 Å². The molecule has 0 aliphatic heterocycles. The first kappa shape index (κ1) is 23.3. The van der Waals surface area contributed by atoms with Gasteiger partial charge < -0.3 is 14.5 Å². The number of ether oxygens (including phenoxy) is 1. The Hall–Kier alpha value is -3.82. The summed E-state index contributed by atoms with van der Waals surface area (Å²) in [5.74, 6) is 0.374. The summed E-state index contributed by atoms with van der Waals surface area (Å²) in [4.78, 5) is 16.0. The number of benzene rings is 3. The molecule has 4 rings (SSSR count). The highest BCUT2D eigenvalue weighted by atomic mass is 35.5. The first-order valence-electron chi connectivity index (χ1n) is 10.1. The van der Waals surface area contributed by atoms with Gasteiger partial charge in [-0.25, -0.2) is 13.4 Å². The van der Waals surface area contributed by atoms with Crippen LogP contribution in [0.1, 0.15) is 11.5 Å². The fourth-order valence-electron chi connectivity index (χ4n) is 3.17. The van der Waals surface area contributed by atoms with Crippen LogP contribution in [0.3, 0.4) is 0 Å². The molecular weight excluding hydrogens is 478 g/mol. The lowest BCUT2D eigenvalue weighted by Crippen LogP contribution is -2.14. The molecule has 8 nitrogen and oxygen atoms in total. The molecule has 34 heavy (non-hydrogen) atoms. The van der Waals surface area contributed by atoms with Gasteiger partial charge in [0, 0.05) is 17.3 Å². The van der Waals surface area contributed by atoms with Crippen molar-refractivity contribution >= 4 is 56.0 Å². The largest absolute Gasteiger partial charge is 0.495 e. The number of allylic oxidation sites excluding steroid dienone is 1. The second kappa shape index (κ2) is 9.58. The topological polar surface area (TPSA) is 111 Å². The van der Waals surface area contributed by atoms with E-state index in [1.807, 2.05) is 19.1 Å². The van der Waals surface area contributed by atoms with Gasteiger partial charge in [0.05, 0.1) is 29.0 Å². The highest BCUT2D eigenvalue weighted by Gasteiger charge is 2.18. The number of aryl methyl sites for hydroxylation is 1. The van der Waals surface area contributed by atoms with E-state index in [0.717, 1.165) is 5.56 Å². The highest BCUT2D eigenvalue weighted by Crippen LogP contribution is 2.30. The van der Waals surface area contributed by atoms with Gasteiger partial charge in [0.25, 0.3) is 10.0 Å². The first-order chi connectivity index (χ1) is 16.3. The smallest absolute Gasteiger partial charge is 0.262 e. The summed E-state index contributed by atoms with van der Waals surface area (Å²) in [5.41, 5.74) is 2.87. The monoisotopic (exact) mass is 497 g/mol. The number of aldehydes is 1. The van der Waals surface area contributed by atoms with Gasteiger partial charge in [-0.2, -0.15) is 0 Å². The molecule has 0 aliphatic carbocycles. The number of fused-ring (bicyclic) bond motifs is 1. The van der Waals surface area contributed by atoms with Crippen molar-refractivity contribution in [3.63, 3.8) is 0 Å². The molecule has 0 bridgehead atoms. The predicted octanol–water partition coefficient (Wildman–Crippen LogP) is 5.25. The summed E-state index contributed by atoms with van der Waals surface area (Å²) in [7, 11) is -2.43. The molecule has 0 aliphatic rings. The second-order valence-electron chi connectivity index (χ2n) is 7.28. The molecule has 2 N–H and O–H groups in total. The molecule has 4 aromatic rings. The lowest BCUT2D eigenvalue weighted by molar-refractivity contribution is -0.103. The second-order valence-corrected chi connectivity index (χ2v) is 9.39. The third-order valence-corrected chi connectivity index (χ3v) is 6.58. The number of carbonyl (C=O) groups is 1. The van der Waals surface area contributed by atoms with E-state index in [4.69, 9.17) is 20.8 Å². The van der Waals surface area contributed by atoms with Crippen LogP contribution in [0.15, 0.2) is 76.2 Å². The van der Waals surface area contributed by atoms with Crippen LogP contribution in [0, 0.1) is 6.92 Å². The number of hydrogen-bond donors (Lipinski definition) is 2. The average molecular weight is 498 g/mol. The Balaban J connectivity index is 1.60. The number of nitrogens with one attached hydrogen (secondary N) is 2. The van der Waals surface area contributed by atoms with Gasteiger partial charge in [0.1, 0.15) is 11.3 Å². The summed E-state index contributed by atoms with van der Waals surface area (Å²) < 4.78 is 39.3. The molecule has 10 heteroatoms. The van der Waals surface area contributed by atoms with Crippen LogP contribution in [-0.4, -0.2) is 26.8 Å². The molecule has 0 fully saturated rings. The third kappa shape index (κ3) is 4.90. The summed E-state index contributed by atoms with van der Waals surface area (Å²) in [6, 6.07) is 16.4. The zero-order chi connectivity index (χ0) is 24.3. The number of anilines is 2. The van der Waals surface area contributed by atoms with Crippen molar-refractivity contribution in [2.75, 3.05) is 17.1 Å². The number of halogens is 1. The van der Waals surface area contributed by atoms with Crippen molar-refractivity contribution < 1.29 is 22.4 Å². The van der Waals surface area contributed by atoms with Gasteiger partial charge in [0.2, 0.25) is 5.89 Å². The van der Waals surface area contributed by atoms with Gasteiger partial charge in [-0.15, -0.1) is 0 Å². The fourth-order valence-corrected chi connectivity index (χ4v) is 4.49. The molecule has 0 amide bonds. The molecule has 0 radical (unpaired) electrons. The van der Waals surface area contributed by atoms with E-state index in [0.29, 0.717) is 33.8 Å². The number of carbonyl (C=O) groups excluding carboxylic acids is 1. The normalized spacial score (nSPS) is 11.9. The standard InChI is InChI=1S/C24H20ClN3O5S/c1-15-5-3-4-6-19(15)28-34(30,31)18-8-9-20(23(12-18)32-2)26-13-16(14-29)24-27-21-11-17(25)7-10-22(21)33-24/h3-14,26,28H,1-2H3. The number of methoxy groups -OCH3 is 1. The highest BCUT2D eigenvalue weighted by molar-refractivity contribution is 7.92. The van der Waals surface area contributed by atoms with Crippen molar-refractivity contribution in [1.29, 1.82) is 0 Å². The molecule has 1 heterocycles. The minimum Gasteiger partial charge on any atom is -0.495 e. The number of aromatic nitrogens is 1. The molecule has 0 atom stereocenters. The number of nitrogens with zero attached hydrogens (tertiary/aromatic N) is 1. The zero-order valence-corrected chi connectivity index (χ0v) is 19.8. The summed E-state index contributed by atoms with van der Waals surface area (Å²) >= 11 is 5.97. The van der Waals surface area contributed by atoms with Gasteiger partial charge in [-0.3, -0.25) is 9.52 Å². The third-order valence-electron chi connectivity index (χ3n) is 4.98. The maximum absolute atomic E-state index is 12.9. The van der Waals surface area contributed by atoms with Crippen LogP contribution in [0.25, 0.3) is 16.7 Å². The van der Waals surface area contributed by atoms with E-state index in [1.54, 1.807) is 30.3 Å². The van der Waals surface area contributed by atoms with Crippen LogP contribution in [0.2, 0.25) is 5.02 Å². The van der Waals surface area contributed by atoms with Crippen LogP contribution in [-0.2, 0) is 14.8 Å². The van der Waals surface area contributed by atoms with Crippen molar-refractivity contribution in [2.45, 2.75) is 11.8 Å². The number of sulfonamides is 1. The molecule has 1 aromatic heterocycles. The lowest BCUT2D eigenvalue weighted by Gasteiger charge is -2.13. The molecular formula is C24H20ClN3O5S. The maximum atomic E-state index is 12.9. The van der Waals surface area contributed by atoms with E-state index < -0.39 is 10.0 Å².